The number of halogens is 1. The van der Waals surface area contributed by atoms with Gasteiger partial charge in [0.05, 0.1) is 5.25 Å². The Labute approximate surface area is 153 Å². The number of esters is 1. The Morgan fingerprint density at radius 3 is 2.58 bits per heavy atom. The second kappa shape index (κ2) is 9.08. The molecule has 2 N–H and O–H groups in total. The topological polar surface area (TPSA) is 84.5 Å². The Morgan fingerprint density at radius 1 is 1.29 bits per heavy atom. The Bertz CT molecular complexity index is 605. The third-order valence-electron chi connectivity index (χ3n) is 3.26. The van der Waals surface area contributed by atoms with Gasteiger partial charge in [0.2, 0.25) is 0 Å². The van der Waals surface area contributed by atoms with Gasteiger partial charge in [-0.15, -0.1) is 11.8 Å². The number of carbonyl (C=O) groups excluding carboxylic acids is 3. The van der Waals surface area contributed by atoms with Crippen molar-refractivity contribution < 1.29 is 19.1 Å². The molecule has 1 aliphatic carbocycles. The smallest absolute Gasteiger partial charge is 0.321 e. The lowest BCUT2D eigenvalue weighted by atomic mass is 10.2. The first-order chi connectivity index (χ1) is 11.4. The van der Waals surface area contributed by atoms with Crippen LogP contribution in [-0.4, -0.2) is 35.8 Å². The lowest BCUT2D eigenvalue weighted by Crippen LogP contribution is -2.42. The molecule has 0 aliphatic heterocycles. The average molecular weight is 415 g/mol. The minimum absolute atomic E-state index is 0.162. The molecule has 3 amide bonds. The fourth-order valence-corrected chi connectivity index (χ4v) is 2.84. The van der Waals surface area contributed by atoms with Gasteiger partial charge in [-0.2, -0.15) is 0 Å². The summed E-state index contributed by atoms with van der Waals surface area (Å²) in [5.41, 5.74) is 1.09. The maximum Gasteiger partial charge on any atom is 0.321 e. The van der Waals surface area contributed by atoms with Crippen molar-refractivity contribution in [1.82, 2.24) is 10.6 Å². The summed E-state index contributed by atoms with van der Waals surface area (Å²) in [6.07, 6.45) is 1.87. The summed E-state index contributed by atoms with van der Waals surface area (Å²) < 4.78 is 5.94. The number of carbonyl (C=O) groups is 3. The van der Waals surface area contributed by atoms with Crippen molar-refractivity contribution in [3.05, 3.63) is 34.3 Å². The molecule has 0 bridgehead atoms. The normalized spacial score (nSPS) is 14.6. The van der Waals surface area contributed by atoms with Gasteiger partial charge < -0.3 is 10.1 Å². The van der Waals surface area contributed by atoms with Crippen LogP contribution in [0, 0.1) is 0 Å². The van der Waals surface area contributed by atoms with Crippen LogP contribution in [0.5, 0.6) is 0 Å². The van der Waals surface area contributed by atoms with Crippen molar-refractivity contribution in [2.75, 3.05) is 6.61 Å². The first-order valence-corrected chi connectivity index (χ1v) is 9.41. The number of hydrogen-bond donors (Lipinski definition) is 2. The number of rotatable bonds is 7. The van der Waals surface area contributed by atoms with Gasteiger partial charge in [-0.1, -0.05) is 28.1 Å². The van der Waals surface area contributed by atoms with Crippen molar-refractivity contribution in [2.24, 2.45) is 0 Å². The number of thioether (sulfide) groups is 1. The minimum Gasteiger partial charge on any atom is -0.455 e. The molecule has 1 aromatic rings. The summed E-state index contributed by atoms with van der Waals surface area (Å²) in [4.78, 5) is 34.8. The number of urea groups is 1. The predicted molar refractivity (Wildman–Crippen MR) is 95.6 cm³/mol. The van der Waals surface area contributed by atoms with Gasteiger partial charge in [0.25, 0.3) is 5.91 Å². The fourth-order valence-electron chi connectivity index (χ4n) is 1.74. The van der Waals surface area contributed by atoms with E-state index in [2.05, 4.69) is 26.6 Å². The Hall–Kier alpha value is -1.54. The molecule has 0 spiro atoms. The SMILES string of the molecule is C[C@@H](SCc1ccc(Br)cc1)C(=O)OCC(=O)NC(=O)NC1CC1. The summed E-state index contributed by atoms with van der Waals surface area (Å²) in [6, 6.07) is 7.44. The lowest BCUT2D eigenvalue weighted by molar-refractivity contribution is -0.147. The molecule has 2 rings (SSSR count). The Kier molecular flexibility index (Phi) is 7.11. The van der Waals surface area contributed by atoms with Crippen LogP contribution in [-0.2, 0) is 20.1 Å². The van der Waals surface area contributed by atoms with Crippen LogP contribution in [0.15, 0.2) is 28.7 Å². The van der Waals surface area contributed by atoms with Crippen molar-refractivity contribution >= 4 is 45.6 Å². The van der Waals surface area contributed by atoms with E-state index >= 15 is 0 Å². The molecule has 1 atom stereocenters. The van der Waals surface area contributed by atoms with E-state index in [9.17, 15) is 14.4 Å². The molecule has 0 radical (unpaired) electrons. The van der Waals surface area contributed by atoms with E-state index in [-0.39, 0.29) is 6.04 Å². The highest BCUT2D eigenvalue weighted by Gasteiger charge is 2.24. The number of ether oxygens (including phenoxy) is 1. The molecule has 24 heavy (non-hydrogen) atoms. The zero-order valence-electron chi connectivity index (χ0n) is 13.2. The first kappa shape index (κ1) is 18.8. The van der Waals surface area contributed by atoms with Crippen molar-refractivity contribution in [1.29, 1.82) is 0 Å². The molecule has 0 heterocycles. The molecule has 0 unspecified atom stereocenters. The van der Waals surface area contributed by atoms with E-state index in [1.54, 1.807) is 6.92 Å². The number of nitrogens with one attached hydrogen (secondary N) is 2. The standard InChI is InChI=1S/C16H19BrN2O4S/c1-10(24-9-11-2-4-12(17)5-3-11)15(21)23-8-14(20)19-16(22)18-13-6-7-13/h2-5,10,13H,6-9H2,1H3,(H2,18,19,20,22)/t10-/m1/s1. The van der Waals surface area contributed by atoms with Crippen LogP contribution in [0.3, 0.4) is 0 Å². The van der Waals surface area contributed by atoms with Gasteiger partial charge in [0.1, 0.15) is 0 Å². The molecule has 0 saturated heterocycles. The van der Waals surface area contributed by atoms with Gasteiger partial charge in [-0.25, -0.2) is 4.79 Å². The highest BCUT2D eigenvalue weighted by Crippen LogP contribution is 2.20. The summed E-state index contributed by atoms with van der Waals surface area (Å²) >= 11 is 4.79. The number of benzene rings is 1. The summed E-state index contributed by atoms with van der Waals surface area (Å²) in [5.74, 6) is -0.444. The summed E-state index contributed by atoms with van der Waals surface area (Å²) in [7, 11) is 0. The minimum atomic E-state index is -0.633. The molecular weight excluding hydrogens is 396 g/mol. The maximum absolute atomic E-state index is 11.9. The van der Waals surface area contributed by atoms with Gasteiger partial charge in [0, 0.05) is 16.3 Å². The molecule has 1 aliphatic rings. The van der Waals surface area contributed by atoms with Crippen LogP contribution in [0.4, 0.5) is 4.79 Å². The number of imide groups is 1. The lowest BCUT2D eigenvalue weighted by Gasteiger charge is -2.11. The van der Waals surface area contributed by atoms with Gasteiger partial charge in [0.15, 0.2) is 6.61 Å². The van der Waals surface area contributed by atoms with E-state index in [1.807, 2.05) is 24.3 Å². The van der Waals surface area contributed by atoms with E-state index in [1.165, 1.54) is 11.8 Å². The Morgan fingerprint density at radius 2 is 1.96 bits per heavy atom. The van der Waals surface area contributed by atoms with Crippen LogP contribution in [0.2, 0.25) is 0 Å². The summed E-state index contributed by atoms with van der Waals surface area (Å²) in [5, 5.41) is 4.35. The second-order valence-corrected chi connectivity index (χ2v) is 7.73. The quantitative estimate of drug-likeness (QED) is 0.669. The second-order valence-electron chi connectivity index (χ2n) is 5.48. The first-order valence-electron chi connectivity index (χ1n) is 7.57. The van der Waals surface area contributed by atoms with Crippen LogP contribution in [0.1, 0.15) is 25.3 Å². The van der Waals surface area contributed by atoms with Crippen LogP contribution < -0.4 is 10.6 Å². The molecule has 130 valence electrons. The number of amides is 3. The monoisotopic (exact) mass is 414 g/mol. The highest BCUT2D eigenvalue weighted by atomic mass is 79.9. The molecular formula is C16H19BrN2O4S. The van der Waals surface area contributed by atoms with E-state index < -0.39 is 29.8 Å². The fraction of sp³-hybridized carbons (Fsp3) is 0.438. The van der Waals surface area contributed by atoms with E-state index in [0.717, 1.165) is 22.9 Å². The molecule has 1 fully saturated rings. The zero-order valence-corrected chi connectivity index (χ0v) is 15.6. The molecule has 6 nitrogen and oxygen atoms in total. The molecule has 8 heteroatoms. The molecule has 1 saturated carbocycles. The maximum atomic E-state index is 11.9. The molecule has 0 aromatic heterocycles. The van der Waals surface area contributed by atoms with Gasteiger partial charge >= 0.3 is 12.0 Å². The zero-order chi connectivity index (χ0) is 17.5. The van der Waals surface area contributed by atoms with E-state index in [4.69, 9.17) is 4.74 Å². The van der Waals surface area contributed by atoms with Gasteiger partial charge in [-0.3, -0.25) is 14.9 Å². The van der Waals surface area contributed by atoms with Gasteiger partial charge in [-0.05, 0) is 37.5 Å². The third kappa shape index (κ3) is 6.92. The highest BCUT2D eigenvalue weighted by molar-refractivity contribution is 9.10. The van der Waals surface area contributed by atoms with Crippen molar-refractivity contribution in [3.8, 4) is 0 Å². The predicted octanol–water partition coefficient (Wildman–Crippen LogP) is 2.60. The molecule has 1 aromatic carbocycles. The number of hydrogen-bond acceptors (Lipinski definition) is 5. The van der Waals surface area contributed by atoms with E-state index in [0.29, 0.717) is 5.75 Å². The average Bonchev–Trinajstić information content (AvgIpc) is 3.35. The van der Waals surface area contributed by atoms with Crippen LogP contribution >= 0.6 is 27.7 Å². The summed E-state index contributed by atoms with van der Waals surface area (Å²) in [6.45, 7) is 1.27. The van der Waals surface area contributed by atoms with Crippen molar-refractivity contribution in [3.63, 3.8) is 0 Å². The third-order valence-corrected chi connectivity index (χ3v) is 4.98. The van der Waals surface area contributed by atoms with Crippen LogP contribution in [0.25, 0.3) is 0 Å². The van der Waals surface area contributed by atoms with Crippen molar-refractivity contribution in [2.45, 2.75) is 36.8 Å². The Balaban J connectivity index is 1.64. The largest absolute Gasteiger partial charge is 0.455 e.